The first-order valence-corrected chi connectivity index (χ1v) is 6.66. The van der Waals surface area contributed by atoms with E-state index in [1.54, 1.807) is 23.6 Å². The van der Waals surface area contributed by atoms with Crippen LogP contribution in [-0.2, 0) is 12.8 Å². The Morgan fingerprint density at radius 2 is 2.29 bits per heavy atom. The van der Waals surface area contributed by atoms with E-state index in [1.807, 2.05) is 25.2 Å². The van der Waals surface area contributed by atoms with Crippen LogP contribution in [0.4, 0.5) is 0 Å². The lowest BCUT2D eigenvalue weighted by Crippen LogP contribution is -1.94. The normalized spacial score (nSPS) is 10.5. The Balaban J connectivity index is 2.11. The highest BCUT2D eigenvalue weighted by atomic mass is 79.9. The maximum Gasteiger partial charge on any atom is 0.209 e. The van der Waals surface area contributed by atoms with Crippen molar-refractivity contribution in [3.63, 3.8) is 0 Å². The number of benzene rings is 1. The molecule has 0 atom stereocenters. The minimum Gasteiger partial charge on any atom is -0.497 e. The fourth-order valence-electron chi connectivity index (χ4n) is 1.27. The van der Waals surface area contributed by atoms with Gasteiger partial charge in [0.1, 0.15) is 5.75 Å². The first-order chi connectivity index (χ1) is 8.20. The molecule has 0 bridgehead atoms. The Morgan fingerprint density at radius 1 is 1.47 bits per heavy atom. The predicted octanol–water partition coefficient (Wildman–Crippen LogP) is 2.27. The number of hydrogen-bond acceptors (Lipinski definition) is 5. The van der Waals surface area contributed by atoms with Crippen molar-refractivity contribution in [1.82, 2.24) is 20.2 Å². The number of hydrogen-bond donors (Lipinski definition) is 0. The molecule has 7 heteroatoms. The molecule has 1 aromatic heterocycles. The van der Waals surface area contributed by atoms with E-state index in [4.69, 9.17) is 4.74 Å². The Hall–Kier alpha value is -1.08. The van der Waals surface area contributed by atoms with E-state index in [1.165, 1.54) is 0 Å². The topological polar surface area (TPSA) is 52.8 Å². The Bertz CT molecular complexity index is 517. The van der Waals surface area contributed by atoms with Crippen LogP contribution < -0.4 is 4.74 Å². The third kappa shape index (κ3) is 2.98. The highest BCUT2D eigenvalue weighted by molar-refractivity contribution is 9.10. The molecule has 0 radical (unpaired) electrons. The summed E-state index contributed by atoms with van der Waals surface area (Å²) in [5.41, 5.74) is 1.15. The summed E-state index contributed by atoms with van der Waals surface area (Å²) >= 11 is 5.10. The van der Waals surface area contributed by atoms with Crippen molar-refractivity contribution >= 4 is 27.7 Å². The summed E-state index contributed by atoms with van der Waals surface area (Å²) in [6, 6.07) is 5.90. The average Bonchev–Trinajstić information content (AvgIpc) is 2.74. The van der Waals surface area contributed by atoms with Crippen molar-refractivity contribution in [2.45, 2.75) is 10.9 Å². The van der Waals surface area contributed by atoms with Gasteiger partial charge >= 0.3 is 0 Å². The molecule has 2 aromatic rings. The molecule has 0 spiro atoms. The largest absolute Gasteiger partial charge is 0.497 e. The summed E-state index contributed by atoms with van der Waals surface area (Å²) in [5, 5.41) is 12.1. The van der Waals surface area contributed by atoms with Gasteiger partial charge in [0.15, 0.2) is 0 Å². The molecule has 0 N–H and O–H groups in total. The molecule has 90 valence electrons. The number of rotatable bonds is 4. The number of nitrogens with zero attached hydrogens (tertiary/aromatic N) is 4. The van der Waals surface area contributed by atoms with Gasteiger partial charge in [0.05, 0.1) is 7.11 Å². The van der Waals surface area contributed by atoms with Gasteiger partial charge in [-0.15, -0.1) is 5.10 Å². The van der Waals surface area contributed by atoms with E-state index in [0.29, 0.717) is 0 Å². The number of aryl methyl sites for hydroxylation is 1. The van der Waals surface area contributed by atoms with Crippen LogP contribution in [0.25, 0.3) is 0 Å². The van der Waals surface area contributed by atoms with Gasteiger partial charge in [-0.05, 0) is 34.2 Å². The Morgan fingerprint density at radius 3 is 2.94 bits per heavy atom. The summed E-state index contributed by atoms with van der Waals surface area (Å²) < 4.78 is 7.90. The van der Waals surface area contributed by atoms with Gasteiger partial charge in [-0.3, -0.25) is 0 Å². The second kappa shape index (κ2) is 5.50. The first kappa shape index (κ1) is 12.4. The van der Waals surface area contributed by atoms with Crippen LogP contribution >= 0.6 is 27.7 Å². The first-order valence-electron chi connectivity index (χ1n) is 4.88. The van der Waals surface area contributed by atoms with Crippen LogP contribution in [0.15, 0.2) is 27.8 Å². The van der Waals surface area contributed by atoms with Gasteiger partial charge in [-0.2, -0.15) is 0 Å². The van der Waals surface area contributed by atoms with Crippen LogP contribution in [0.2, 0.25) is 0 Å². The molecule has 5 nitrogen and oxygen atoms in total. The SMILES string of the molecule is COc1ccc(Br)c(CSc2nnnn2C)c1. The van der Waals surface area contributed by atoms with Crippen LogP contribution in [0, 0.1) is 0 Å². The number of ether oxygens (including phenoxy) is 1. The summed E-state index contributed by atoms with van der Waals surface area (Å²) in [6.45, 7) is 0. The van der Waals surface area contributed by atoms with E-state index in [9.17, 15) is 0 Å². The molecular weight excluding hydrogens is 304 g/mol. The zero-order chi connectivity index (χ0) is 12.3. The van der Waals surface area contributed by atoms with E-state index in [-0.39, 0.29) is 0 Å². The van der Waals surface area contributed by atoms with Crippen LogP contribution in [0.1, 0.15) is 5.56 Å². The molecule has 0 unspecified atom stereocenters. The highest BCUT2D eigenvalue weighted by Gasteiger charge is 2.07. The number of aromatic nitrogens is 4. The Kier molecular flexibility index (Phi) is 4.01. The average molecular weight is 315 g/mol. The molecule has 0 aliphatic carbocycles. The molecule has 0 aliphatic heterocycles. The molecule has 0 amide bonds. The Labute approximate surface area is 112 Å². The quantitative estimate of drug-likeness (QED) is 0.810. The van der Waals surface area contributed by atoms with Gasteiger partial charge in [-0.1, -0.05) is 27.7 Å². The number of tetrazole rings is 1. The molecule has 1 aromatic carbocycles. The van der Waals surface area contributed by atoms with Crippen molar-refractivity contribution in [1.29, 1.82) is 0 Å². The van der Waals surface area contributed by atoms with E-state index < -0.39 is 0 Å². The number of methoxy groups -OCH3 is 1. The lowest BCUT2D eigenvalue weighted by Gasteiger charge is -2.06. The van der Waals surface area contributed by atoms with E-state index in [0.717, 1.165) is 26.7 Å². The fourth-order valence-corrected chi connectivity index (χ4v) is 2.69. The van der Waals surface area contributed by atoms with Crippen molar-refractivity contribution in [2.24, 2.45) is 7.05 Å². The molecule has 0 saturated heterocycles. The zero-order valence-electron chi connectivity index (χ0n) is 9.42. The minimum absolute atomic E-state index is 0.784. The molecule has 17 heavy (non-hydrogen) atoms. The second-order valence-corrected chi connectivity index (χ2v) is 5.13. The minimum atomic E-state index is 0.784. The lowest BCUT2D eigenvalue weighted by atomic mass is 10.2. The summed E-state index contributed by atoms with van der Waals surface area (Å²) in [7, 11) is 3.48. The highest BCUT2D eigenvalue weighted by Crippen LogP contribution is 2.28. The van der Waals surface area contributed by atoms with E-state index >= 15 is 0 Å². The van der Waals surface area contributed by atoms with Gasteiger partial charge in [0.2, 0.25) is 5.16 Å². The van der Waals surface area contributed by atoms with Crippen molar-refractivity contribution < 1.29 is 4.74 Å². The van der Waals surface area contributed by atoms with Crippen molar-refractivity contribution in [3.05, 3.63) is 28.2 Å². The number of thioether (sulfide) groups is 1. The summed E-state index contributed by atoms with van der Waals surface area (Å²) in [6.07, 6.45) is 0. The van der Waals surface area contributed by atoms with Crippen molar-refractivity contribution in [2.75, 3.05) is 7.11 Å². The van der Waals surface area contributed by atoms with E-state index in [2.05, 4.69) is 31.5 Å². The smallest absolute Gasteiger partial charge is 0.209 e. The molecule has 2 rings (SSSR count). The molecule has 0 fully saturated rings. The van der Waals surface area contributed by atoms with Gasteiger partial charge in [0, 0.05) is 17.3 Å². The lowest BCUT2D eigenvalue weighted by molar-refractivity contribution is 0.414. The fraction of sp³-hybridized carbons (Fsp3) is 0.300. The van der Waals surface area contributed by atoms with Crippen LogP contribution in [0.3, 0.4) is 0 Å². The second-order valence-electron chi connectivity index (χ2n) is 3.33. The van der Waals surface area contributed by atoms with Gasteiger partial charge in [-0.25, -0.2) is 4.68 Å². The van der Waals surface area contributed by atoms with Gasteiger partial charge in [0.25, 0.3) is 0 Å². The maximum atomic E-state index is 5.19. The molecule has 1 heterocycles. The summed E-state index contributed by atoms with van der Waals surface area (Å²) in [4.78, 5) is 0. The molecule has 0 aliphatic rings. The molecular formula is C10H11BrN4OS. The summed E-state index contributed by atoms with van der Waals surface area (Å²) in [5.74, 6) is 1.63. The van der Waals surface area contributed by atoms with Crippen LogP contribution in [-0.4, -0.2) is 27.3 Å². The third-order valence-electron chi connectivity index (χ3n) is 2.19. The maximum absolute atomic E-state index is 5.19. The zero-order valence-corrected chi connectivity index (χ0v) is 11.8. The third-order valence-corrected chi connectivity index (χ3v) is 4.02. The van der Waals surface area contributed by atoms with Gasteiger partial charge < -0.3 is 4.74 Å². The monoisotopic (exact) mass is 314 g/mol. The molecule has 0 saturated carbocycles. The predicted molar refractivity (Wildman–Crippen MR) is 69.1 cm³/mol. The van der Waals surface area contributed by atoms with Crippen molar-refractivity contribution in [3.8, 4) is 5.75 Å². The standard InChI is InChI=1S/C10H11BrN4OS/c1-15-10(12-13-14-15)17-6-7-5-8(16-2)3-4-9(7)11/h3-5H,6H2,1-2H3. The van der Waals surface area contributed by atoms with Crippen LogP contribution in [0.5, 0.6) is 5.75 Å². The number of halogens is 1.